The third-order valence-electron chi connectivity index (χ3n) is 3.04. The van der Waals surface area contributed by atoms with E-state index in [0.29, 0.717) is 16.5 Å². The van der Waals surface area contributed by atoms with Gasteiger partial charge in [-0.3, -0.25) is 4.79 Å². The maximum Gasteiger partial charge on any atom is 0.204 e. The van der Waals surface area contributed by atoms with Crippen molar-refractivity contribution in [1.29, 1.82) is 0 Å². The summed E-state index contributed by atoms with van der Waals surface area (Å²) in [4.78, 5) is 12.1. The molecule has 0 atom stereocenters. The normalized spacial score (nSPS) is 10.8. The second-order valence-corrected chi connectivity index (χ2v) is 4.43. The average molecular weight is 288 g/mol. The van der Waals surface area contributed by atoms with Crippen LogP contribution in [-0.2, 0) is 0 Å². The summed E-state index contributed by atoms with van der Waals surface area (Å²) in [5.41, 5.74) is 1.00. The van der Waals surface area contributed by atoms with Crippen LogP contribution < -0.4 is 4.74 Å². The molecule has 0 aliphatic heterocycles. The second kappa shape index (κ2) is 5.36. The average Bonchev–Trinajstić information content (AvgIpc) is 2.92. The molecule has 0 bridgehead atoms. The molecule has 0 unspecified atom stereocenters. The molecule has 1 heterocycles. The van der Waals surface area contributed by atoms with E-state index >= 15 is 0 Å². The van der Waals surface area contributed by atoms with Crippen LogP contribution >= 0.6 is 0 Å². The lowest BCUT2D eigenvalue weighted by atomic mass is 10.1. The standard InChI is InChI=1S/C16H10F2O3/c17-13-6-5-10(7-14(13)18)20-9-15(19)12-8-21-16-4-2-1-3-11(12)16/h1-8H,9H2. The molecule has 0 saturated heterocycles. The van der Waals surface area contributed by atoms with Gasteiger partial charge in [-0.1, -0.05) is 18.2 Å². The Morgan fingerprint density at radius 2 is 1.90 bits per heavy atom. The van der Waals surface area contributed by atoms with Crippen molar-refractivity contribution >= 4 is 16.8 Å². The van der Waals surface area contributed by atoms with Gasteiger partial charge in [0.2, 0.25) is 5.78 Å². The van der Waals surface area contributed by atoms with Crippen LogP contribution in [0.3, 0.4) is 0 Å². The van der Waals surface area contributed by atoms with Gasteiger partial charge in [0.05, 0.1) is 5.56 Å². The third-order valence-corrected chi connectivity index (χ3v) is 3.04. The summed E-state index contributed by atoms with van der Waals surface area (Å²) in [5, 5.41) is 0.691. The molecule has 21 heavy (non-hydrogen) atoms. The molecule has 5 heteroatoms. The molecule has 1 aromatic heterocycles. The fourth-order valence-corrected chi connectivity index (χ4v) is 1.99. The van der Waals surface area contributed by atoms with Gasteiger partial charge in [0.15, 0.2) is 18.2 Å². The molecular weight excluding hydrogens is 278 g/mol. The quantitative estimate of drug-likeness (QED) is 0.682. The number of hydrogen-bond donors (Lipinski definition) is 0. The van der Waals surface area contributed by atoms with E-state index in [0.717, 1.165) is 12.1 Å². The predicted molar refractivity (Wildman–Crippen MR) is 72.4 cm³/mol. The molecule has 3 aromatic rings. The van der Waals surface area contributed by atoms with Gasteiger partial charge in [-0.05, 0) is 18.2 Å². The molecule has 0 aliphatic carbocycles. The lowest BCUT2D eigenvalue weighted by molar-refractivity contribution is 0.0922. The Labute approximate surface area is 118 Å². The van der Waals surface area contributed by atoms with E-state index in [1.807, 2.05) is 0 Å². The highest BCUT2D eigenvalue weighted by Crippen LogP contribution is 2.22. The molecule has 0 saturated carbocycles. The van der Waals surface area contributed by atoms with Crippen LogP contribution in [0.15, 0.2) is 53.1 Å². The molecule has 0 radical (unpaired) electrons. The van der Waals surface area contributed by atoms with Gasteiger partial charge >= 0.3 is 0 Å². The van der Waals surface area contributed by atoms with Crippen molar-refractivity contribution in [2.24, 2.45) is 0 Å². The van der Waals surface area contributed by atoms with Crippen molar-refractivity contribution in [2.75, 3.05) is 6.61 Å². The molecular formula is C16H10F2O3. The van der Waals surface area contributed by atoms with Gasteiger partial charge in [0.1, 0.15) is 17.6 Å². The van der Waals surface area contributed by atoms with E-state index in [9.17, 15) is 13.6 Å². The zero-order chi connectivity index (χ0) is 14.8. The van der Waals surface area contributed by atoms with Gasteiger partial charge in [0.25, 0.3) is 0 Å². The first kappa shape index (κ1) is 13.3. The van der Waals surface area contributed by atoms with Gasteiger partial charge in [0, 0.05) is 11.5 Å². The van der Waals surface area contributed by atoms with Crippen molar-refractivity contribution < 1.29 is 22.7 Å². The van der Waals surface area contributed by atoms with Crippen molar-refractivity contribution in [3.05, 3.63) is 65.9 Å². The highest BCUT2D eigenvalue weighted by atomic mass is 19.2. The Hall–Kier alpha value is -2.69. The van der Waals surface area contributed by atoms with Crippen LogP contribution in [0.2, 0.25) is 0 Å². The number of furan rings is 1. The monoisotopic (exact) mass is 288 g/mol. The largest absolute Gasteiger partial charge is 0.485 e. The van der Waals surface area contributed by atoms with E-state index in [2.05, 4.69) is 0 Å². The van der Waals surface area contributed by atoms with Crippen molar-refractivity contribution in [3.63, 3.8) is 0 Å². The van der Waals surface area contributed by atoms with Gasteiger partial charge in [-0.15, -0.1) is 0 Å². The molecule has 3 nitrogen and oxygen atoms in total. The topological polar surface area (TPSA) is 39.4 Å². The molecule has 3 rings (SSSR count). The van der Waals surface area contributed by atoms with Crippen molar-refractivity contribution in [2.45, 2.75) is 0 Å². The minimum atomic E-state index is -1.02. The fraction of sp³-hybridized carbons (Fsp3) is 0.0625. The number of hydrogen-bond acceptors (Lipinski definition) is 3. The highest BCUT2D eigenvalue weighted by Gasteiger charge is 2.14. The van der Waals surface area contributed by atoms with Crippen LogP contribution in [0, 0.1) is 11.6 Å². The van der Waals surface area contributed by atoms with Crippen LogP contribution in [0.1, 0.15) is 10.4 Å². The van der Waals surface area contributed by atoms with E-state index in [4.69, 9.17) is 9.15 Å². The summed E-state index contributed by atoms with van der Waals surface area (Å²) in [6.45, 7) is -0.283. The lowest BCUT2D eigenvalue weighted by Gasteiger charge is -2.05. The summed E-state index contributed by atoms with van der Waals surface area (Å²) < 4.78 is 36.3. The summed E-state index contributed by atoms with van der Waals surface area (Å²) in [6, 6.07) is 10.2. The number of para-hydroxylation sites is 1. The number of rotatable bonds is 4. The Morgan fingerprint density at radius 3 is 2.71 bits per heavy atom. The first-order valence-corrected chi connectivity index (χ1v) is 6.22. The van der Waals surface area contributed by atoms with Crippen LogP contribution in [0.5, 0.6) is 5.75 Å². The number of halogens is 2. The number of Topliss-reactive ketones (excluding diaryl/α,β-unsaturated/α-hetero) is 1. The summed E-state index contributed by atoms with van der Waals surface area (Å²) in [6.07, 6.45) is 1.36. The zero-order valence-corrected chi connectivity index (χ0v) is 10.8. The smallest absolute Gasteiger partial charge is 0.204 e. The number of carbonyl (C=O) groups excluding carboxylic acids is 1. The minimum absolute atomic E-state index is 0.0926. The van der Waals surface area contributed by atoms with Crippen LogP contribution in [-0.4, -0.2) is 12.4 Å². The fourth-order valence-electron chi connectivity index (χ4n) is 1.99. The summed E-state index contributed by atoms with van der Waals surface area (Å²) in [7, 11) is 0. The van der Waals surface area contributed by atoms with Gasteiger partial charge in [-0.25, -0.2) is 8.78 Å². The highest BCUT2D eigenvalue weighted by molar-refractivity contribution is 6.07. The molecule has 106 valence electrons. The first-order valence-electron chi connectivity index (χ1n) is 6.22. The molecule has 0 fully saturated rings. The van der Waals surface area contributed by atoms with E-state index in [1.54, 1.807) is 24.3 Å². The van der Waals surface area contributed by atoms with Gasteiger partial charge < -0.3 is 9.15 Å². The maximum atomic E-state index is 13.0. The number of fused-ring (bicyclic) bond motifs is 1. The van der Waals surface area contributed by atoms with Crippen molar-refractivity contribution in [1.82, 2.24) is 0 Å². The minimum Gasteiger partial charge on any atom is -0.485 e. The molecule has 2 aromatic carbocycles. The Morgan fingerprint density at radius 1 is 1.10 bits per heavy atom. The molecule has 0 N–H and O–H groups in total. The first-order chi connectivity index (χ1) is 10.1. The second-order valence-electron chi connectivity index (χ2n) is 4.43. The van der Waals surface area contributed by atoms with Crippen LogP contribution in [0.4, 0.5) is 8.78 Å². The molecule has 0 spiro atoms. The third kappa shape index (κ3) is 2.63. The van der Waals surface area contributed by atoms with E-state index < -0.39 is 11.6 Å². The SMILES string of the molecule is O=C(COc1ccc(F)c(F)c1)c1coc2ccccc12. The number of ether oxygens (including phenoxy) is 1. The maximum absolute atomic E-state index is 13.0. The van der Waals surface area contributed by atoms with E-state index in [1.165, 1.54) is 12.3 Å². The Bertz CT molecular complexity index is 808. The van der Waals surface area contributed by atoms with E-state index in [-0.39, 0.29) is 18.1 Å². The van der Waals surface area contributed by atoms with Gasteiger partial charge in [-0.2, -0.15) is 0 Å². The zero-order valence-electron chi connectivity index (χ0n) is 10.8. The molecule has 0 amide bonds. The Kier molecular flexibility index (Phi) is 3.39. The number of carbonyl (C=O) groups is 1. The summed E-state index contributed by atoms with van der Waals surface area (Å²) >= 11 is 0. The van der Waals surface area contributed by atoms with Crippen molar-refractivity contribution in [3.8, 4) is 5.75 Å². The molecule has 0 aliphatic rings. The Balaban J connectivity index is 1.76. The van der Waals surface area contributed by atoms with Crippen LogP contribution in [0.25, 0.3) is 11.0 Å². The lowest BCUT2D eigenvalue weighted by Crippen LogP contribution is -2.11. The number of ketones is 1. The predicted octanol–water partition coefficient (Wildman–Crippen LogP) is 3.97. The number of benzene rings is 2. The summed E-state index contributed by atoms with van der Waals surface area (Å²) in [5.74, 6) is -2.19.